The summed E-state index contributed by atoms with van der Waals surface area (Å²) in [6.07, 6.45) is 4.92. The maximum atomic E-state index is 11.8. The highest BCUT2D eigenvalue weighted by atomic mass is 127. The quantitative estimate of drug-likeness (QED) is 0.303. The fraction of sp³-hybridized carbons (Fsp3) is 0.200. The lowest BCUT2D eigenvalue weighted by Crippen LogP contribution is -2.03. The number of esters is 1. The van der Waals surface area contributed by atoms with Crippen LogP contribution in [0.15, 0.2) is 42.9 Å². The highest BCUT2D eigenvalue weighted by Gasteiger charge is 2.12. The minimum absolute atomic E-state index is 0.345. The summed E-state index contributed by atoms with van der Waals surface area (Å²) in [7, 11) is 1.88. The maximum Gasteiger partial charge on any atom is 0.331 e. The summed E-state index contributed by atoms with van der Waals surface area (Å²) in [6.45, 7) is 2.49. The van der Waals surface area contributed by atoms with Crippen molar-refractivity contribution in [1.29, 1.82) is 0 Å². The molecular weight excluding hydrogens is 414 g/mol. The van der Waals surface area contributed by atoms with E-state index in [1.54, 1.807) is 19.4 Å². The Balaban J connectivity index is 2.40. The van der Waals surface area contributed by atoms with Crippen molar-refractivity contribution in [1.82, 2.24) is 9.55 Å². The summed E-state index contributed by atoms with van der Waals surface area (Å²) < 4.78 is 12.3. The highest BCUT2D eigenvalue weighted by molar-refractivity contribution is 14.2. The standard InChI is InChI=1S/C15H16IN2O3P/c1-3-20-15(19)8-13(14-9-17-10-18(14)2)11-4-6-12(7-5-11)21-22-16/h4-10,22H,3H2,1-2H3/b13-8-. The second kappa shape index (κ2) is 8.29. The topological polar surface area (TPSA) is 53.4 Å². The van der Waals surface area contributed by atoms with E-state index in [9.17, 15) is 4.79 Å². The van der Waals surface area contributed by atoms with Gasteiger partial charge in [-0.3, -0.25) is 0 Å². The van der Waals surface area contributed by atoms with Gasteiger partial charge in [-0.1, -0.05) is 12.1 Å². The van der Waals surface area contributed by atoms with E-state index in [1.807, 2.05) is 35.9 Å². The fourth-order valence-electron chi connectivity index (χ4n) is 1.97. The lowest BCUT2D eigenvalue weighted by atomic mass is 10.0. The molecule has 1 aromatic heterocycles. The first-order chi connectivity index (χ1) is 10.7. The normalized spacial score (nSPS) is 11.9. The Kier molecular flexibility index (Phi) is 6.39. The molecule has 2 aromatic rings. The van der Waals surface area contributed by atoms with Crippen LogP contribution in [0.25, 0.3) is 5.57 Å². The van der Waals surface area contributed by atoms with E-state index in [0.717, 1.165) is 22.6 Å². The van der Waals surface area contributed by atoms with Gasteiger partial charge in [0.05, 0.1) is 24.8 Å². The summed E-state index contributed by atoms with van der Waals surface area (Å²) in [5, 5.41) is 0. The number of aromatic nitrogens is 2. The Morgan fingerprint density at radius 2 is 2.14 bits per heavy atom. The number of carbonyl (C=O) groups is 1. The van der Waals surface area contributed by atoms with E-state index in [4.69, 9.17) is 9.26 Å². The molecule has 22 heavy (non-hydrogen) atoms. The largest absolute Gasteiger partial charge is 0.467 e. The number of hydrogen-bond acceptors (Lipinski definition) is 4. The molecule has 7 heteroatoms. The van der Waals surface area contributed by atoms with E-state index in [0.29, 0.717) is 13.1 Å². The lowest BCUT2D eigenvalue weighted by Gasteiger charge is -2.10. The van der Waals surface area contributed by atoms with Crippen molar-refractivity contribution >= 4 is 40.0 Å². The van der Waals surface area contributed by atoms with Gasteiger partial charge in [-0.05, 0) is 46.7 Å². The first-order valence-corrected chi connectivity index (χ1v) is 10.7. The third-order valence-corrected chi connectivity index (χ3v) is 3.94. The van der Waals surface area contributed by atoms with Crippen LogP contribution < -0.4 is 4.52 Å². The van der Waals surface area contributed by atoms with Gasteiger partial charge in [0.1, 0.15) is 12.2 Å². The molecule has 0 saturated heterocycles. The summed E-state index contributed by atoms with van der Waals surface area (Å²) in [6, 6.07) is 7.61. The van der Waals surface area contributed by atoms with Crippen LogP contribution in [0.1, 0.15) is 18.2 Å². The third kappa shape index (κ3) is 4.30. The van der Waals surface area contributed by atoms with Crippen molar-refractivity contribution in [3.8, 4) is 5.75 Å². The van der Waals surface area contributed by atoms with Gasteiger partial charge in [0.25, 0.3) is 0 Å². The van der Waals surface area contributed by atoms with E-state index >= 15 is 0 Å². The smallest absolute Gasteiger partial charge is 0.331 e. The zero-order valence-corrected chi connectivity index (χ0v) is 15.4. The van der Waals surface area contributed by atoms with Crippen LogP contribution in [-0.2, 0) is 16.6 Å². The van der Waals surface area contributed by atoms with Gasteiger partial charge in [0, 0.05) is 18.7 Å². The van der Waals surface area contributed by atoms with Crippen molar-refractivity contribution in [2.24, 2.45) is 7.05 Å². The number of imidazole rings is 1. The summed E-state index contributed by atoms with van der Waals surface area (Å²) in [4.78, 5) is 16.0. The van der Waals surface area contributed by atoms with E-state index in [1.165, 1.54) is 6.08 Å². The number of rotatable bonds is 6. The first kappa shape index (κ1) is 17.0. The van der Waals surface area contributed by atoms with Gasteiger partial charge in [-0.25, -0.2) is 9.78 Å². The number of hydrogen-bond donors (Lipinski definition) is 0. The summed E-state index contributed by atoms with van der Waals surface area (Å²) in [5.41, 5.74) is 2.51. The van der Waals surface area contributed by atoms with Crippen LogP contribution in [0.5, 0.6) is 5.75 Å². The molecule has 1 heterocycles. The molecule has 0 amide bonds. The van der Waals surface area contributed by atoms with Crippen molar-refractivity contribution in [2.45, 2.75) is 6.92 Å². The molecule has 0 saturated carbocycles. The van der Waals surface area contributed by atoms with Crippen LogP contribution in [-0.4, -0.2) is 22.1 Å². The number of halogens is 1. The molecule has 0 N–H and O–H groups in total. The molecule has 0 aliphatic heterocycles. The maximum absolute atomic E-state index is 11.8. The Bertz CT molecular complexity index is 668. The van der Waals surface area contributed by atoms with Crippen LogP contribution in [0.3, 0.4) is 0 Å². The summed E-state index contributed by atoms with van der Waals surface area (Å²) >= 11 is 2.17. The molecule has 0 fully saturated rings. The van der Waals surface area contributed by atoms with Gasteiger partial charge in [0.15, 0.2) is 0 Å². The molecule has 2 rings (SSSR count). The Morgan fingerprint density at radius 1 is 1.41 bits per heavy atom. The Morgan fingerprint density at radius 3 is 2.68 bits per heavy atom. The molecule has 0 bridgehead atoms. The molecule has 0 aliphatic rings. The Hall–Kier alpha value is -1.40. The molecule has 116 valence electrons. The number of aryl methyl sites for hydroxylation is 1. The van der Waals surface area contributed by atoms with Crippen molar-refractivity contribution in [3.05, 3.63) is 54.1 Å². The fourth-order valence-corrected chi connectivity index (χ4v) is 2.96. The average molecular weight is 430 g/mol. The molecule has 1 aromatic carbocycles. The van der Waals surface area contributed by atoms with Gasteiger partial charge in [0.2, 0.25) is 0 Å². The van der Waals surface area contributed by atoms with Crippen LogP contribution in [0.2, 0.25) is 0 Å². The van der Waals surface area contributed by atoms with Crippen molar-refractivity contribution < 1.29 is 14.1 Å². The minimum Gasteiger partial charge on any atom is -0.467 e. The van der Waals surface area contributed by atoms with Crippen molar-refractivity contribution in [2.75, 3.05) is 6.61 Å². The first-order valence-electron chi connectivity index (χ1n) is 6.63. The second-order valence-corrected chi connectivity index (χ2v) is 6.08. The molecular formula is C15H16IN2O3P. The molecule has 0 radical (unpaired) electrons. The van der Waals surface area contributed by atoms with Gasteiger partial charge in [-0.15, -0.1) is 0 Å². The molecule has 1 atom stereocenters. The van der Waals surface area contributed by atoms with Crippen LogP contribution in [0, 0.1) is 0 Å². The SMILES string of the molecule is CCOC(=O)/C=C(/c1ccc(OPI)cc1)c1cncn1C. The van der Waals surface area contributed by atoms with Crippen molar-refractivity contribution in [3.63, 3.8) is 0 Å². The zero-order valence-electron chi connectivity index (χ0n) is 12.2. The number of nitrogens with zero attached hydrogens (tertiary/aromatic N) is 2. The molecule has 0 aliphatic carbocycles. The van der Waals surface area contributed by atoms with Crippen LogP contribution in [0.4, 0.5) is 0 Å². The number of ether oxygens (including phenoxy) is 1. The molecule has 5 nitrogen and oxygen atoms in total. The highest BCUT2D eigenvalue weighted by Crippen LogP contribution is 2.29. The third-order valence-electron chi connectivity index (χ3n) is 2.96. The Labute approximate surface area is 144 Å². The number of carbonyl (C=O) groups excluding carboxylic acids is 1. The lowest BCUT2D eigenvalue weighted by molar-refractivity contribution is -0.137. The second-order valence-electron chi connectivity index (χ2n) is 4.40. The van der Waals surface area contributed by atoms with E-state index in [2.05, 4.69) is 27.0 Å². The van der Waals surface area contributed by atoms with Gasteiger partial charge >= 0.3 is 5.97 Å². The number of benzene rings is 1. The average Bonchev–Trinajstić information content (AvgIpc) is 2.92. The molecule has 1 unspecified atom stereocenters. The summed E-state index contributed by atoms with van der Waals surface area (Å²) in [5.74, 6) is 0.435. The molecule has 0 spiro atoms. The predicted octanol–water partition coefficient (Wildman–Crippen LogP) is 3.74. The van der Waals surface area contributed by atoms with Crippen LogP contribution >= 0.6 is 28.5 Å². The monoisotopic (exact) mass is 430 g/mol. The minimum atomic E-state index is -0.368. The predicted molar refractivity (Wildman–Crippen MR) is 96.3 cm³/mol. The zero-order chi connectivity index (χ0) is 15.9. The van der Waals surface area contributed by atoms with E-state index in [-0.39, 0.29) is 5.97 Å². The van der Waals surface area contributed by atoms with Gasteiger partial charge < -0.3 is 13.8 Å². The van der Waals surface area contributed by atoms with E-state index < -0.39 is 0 Å². The van der Waals surface area contributed by atoms with Gasteiger partial charge in [-0.2, -0.15) is 0 Å².